The monoisotopic (exact) mass is 295 g/mol. The first-order valence-electron chi connectivity index (χ1n) is 7.83. The largest absolute Gasteiger partial charge is 0.491 e. The first-order valence-corrected chi connectivity index (χ1v) is 7.83. The van der Waals surface area contributed by atoms with Gasteiger partial charge >= 0.3 is 0 Å². The van der Waals surface area contributed by atoms with Crippen molar-refractivity contribution in [1.29, 1.82) is 0 Å². The van der Waals surface area contributed by atoms with Crippen LogP contribution in [0.4, 0.5) is 0 Å². The summed E-state index contributed by atoms with van der Waals surface area (Å²) in [7, 11) is 0. The highest BCUT2D eigenvalue weighted by atomic mass is 16.5. The summed E-state index contributed by atoms with van der Waals surface area (Å²) in [6, 6.07) is 7.76. The average molecular weight is 295 g/mol. The summed E-state index contributed by atoms with van der Waals surface area (Å²) in [5.41, 5.74) is 1.13. The lowest BCUT2D eigenvalue weighted by molar-refractivity contribution is 0.0819. The minimum absolute atomic E-state index is 0.248. The van der Waals surface area contributed by atoms with Crippen LogP contribution in [0.2, 0.25) is 0 Å². The summed E-state index contributed by atoms with van der Waals surface area (Å²) < 4.78 is 5.54. The van der Waals surface area contributed by atoms with Crippen LogP contribution >= 0.6 is 0 Å². The molecule has 0 aliphatic carbocycles. The van der Waals surface area contributed by atoms with Gasteiger partial charge in [-0.2, -0.15) is 0 Å². The van der Waals surface area contributed by atoms with Crippen LogP contribution < -0.4 is 10.1 Å². The van der Waals surface area contributed by atoms with Crippen molar-refractivity contribution in [3.63, 3.8) is 0 Å². The minimum atomic E-state index is -0.584. The Bertz CT molecular complexity index is 393. The summed E-state index contributed by atoms with van der Waals surface area (Å²) in [6.45, 7) is 7.35. The highest BCUT2D eigenvalue weighted by molar-refractivity contribution is 5.27. The van der Waals surface area contributed by atoms with Gasteiger partial charge in [0.25, 0.3) is 0 Å². The van der Waals surface area contributed by atoms with Crippen molar-refractivity contribution in [3.05, 3.63) is 29.8 Å². The Balaban J connectivity index is 2.21. The van der Waals surface area contributed by atoms with Gasteiger partial charge in [0, 0.05) is 13.1 Å². The fraction of sp³-hybridized carbons (Fsp3) is 0.647. The molecule has 2 unspecified atom stereocenters. The molecule has 3 N–H and O–H groups in total. The normalized spacial score (nSPS) is 14.2. The van der Waals surface area contributed by atoms with E-state index >= 15 is 0 Å². The Kier molecular flexibility index (Phi) is 8.35. The van der Waals surface area contributed by atoms with E-state index in [0.29, 0.717) is 19.0 Å². The topological polar surface area (TPSA) is 61.7 Å². The first kappa shape index (κ1) is 18.0. The third kappa shape index (κ3) is 6.93. The minimum Gasteiger partial charge on any atom is -0.491 e. The molecule has 0 aliphatic heterocycles. The number of ether oxygens (including phenoxy) is 1. The number of rotatable bonds is 10. The second kappa shape index (κ2) is 9.77. The third-order valence-corrected chi connectivity index (χ3v) is 3.76. The van der Waals surface area contributed by atoms with Crippen LogP contribution in [0, 0.1) is 12.8 Å². The lowest BCUT2D eigenvalue weighted by atomic mass is 9.96. The zero-order valence-electron chi connectivity index (χ0n) is 13.4. The predicted molar refractivity (Wildman–Crippen MR) is 85.6 cm³/mol. The molecule has 2 atom stereocenters. The van der Waals surface area contributed by atoms with Gasteiger partial charge in [-0.3, -0.25) is 0 Å². The first-order chi connectivity index (χ1) is 10.1. The molecule has 0 fully saturated rings. The van der Waals surface area contributed by atoms with Gasteiger partial charge in [-0.05, 0) is 30.5 Å². The van der Waals surface area contributed by atoms with Crippen molar-refractivity contribution < 1.29 is 14.9 Å². The second-order valence-electron chi connectivity index (χ2n) is 5.58. The van der Waals surface area contributed by atoms with Crippen molar-refractivity contribution in [2.24, 2.45) is 5.92 Å². The smallest absolute Gasteiger partial charge is 0.119 e. The number of hydrogen-bond acceptors (Lipinski definition) is 4. The van der Waals surface area contributed by atoms with Gasteiger partial charge in [-0.1, -0.05) is 38.8 Å². The van der Waals surface area contributed by atoms with Gasteiger partial charge in [-0.25, -0.2) is 0 Å². The van der Waals surface area contributed by atoms with Gasteiger partial charge < -0.3 is 20.3 Å². The summed E-state index contributed by atoms with van der Waals surface area (Å²) in [6.07, 6.45) is 1.00. The number of aliphatic hydroxyl groups excluding tert-OH is 2. The Hall–Kier alpha value is -1.10. The van der Waals surface area contributed by atoms with E-state index in [1.54, 1.807) is 0 Å². The Morgan fingerprint density at radius 1 is 1.14 bits per heavy atom. The van der Waals surface area contributed by atoms with Crippen LogP contribution in [-0.2, 0) is 0 Å². The summed E-state index contributed by atoms with van der Waals surface area (Å²) in [5, 5.41) is 23.0. The third-order valence-electron chi connectivity index (χ3n) is 3.76. The maximum atomic E-state index is 9.98. The highest BCUT2D eigenvalue weighted by Gasteiger charge is 2.15. The van der Waals surface area contributed by atoms with Crippen LogP contribution in [0.25, 0.3) is 0 Å². The maximum absolute atomic E-state index is 9.98. The quantitative estimate of drug-likeness (QED) is 0.619. The molecule has 1 aromatic rings. The van der Waals surface area contributed by atoms with Crippen LogP contribution in [-0.4, -0.2) is 42.1 Å². The lowest BCUT2D eigenvalue weighted by Crippen LogP contribution is -2.38. The van der Waals surface area contributed by atoms with E-state index in [4.69, 9.17) is 4.74 Å². The van der Waals surface area contributed by atoms with Crippen molar-refractivity contribution in [3.8, 4) is 5.75 Å². The molecule has 0 aliphatic rings. The van der Waals surface area contributed by atoms with Gasteiger partial charge in [0.1, 0.15) is 18.5 Å². The molecule has 0 saturated heterocycles. The number of hydrogen-bond donors (Lipinski definition) is 3. The van der Waals surface area contributed by atoms with Crippen LogP contribution in [0.1, 0.15) is 32.3 Å². The number of nitrogens with one attached hydrogen (secondary N) is 1. The van der Waals surface area contributed by atoms with Crippen LogP contribution in [0.15, 0.2) is 24.3 Å². The van der Waals surface area contributed by atoms with Gasteiger partial charge in [-0.15, -0.1) is 0 Å². The molecular weight excluding hydrogens is 266 g/mol. The van der Waals surface area contributed by atoms with E-state index in [1.165, 1.54) is 0 Å². The van der Waals surface area contributed by atoms with E-state index in [9.17, 15) is 10.2 Å². The molecule has 21 heavy (non-hydrogen) atoms. The standard InChI is InChI=1S/C17H29NO3/c1-4-14(5-2)17(20)11-18-10-15(19)12-21-16-8-6-7-13(3)9-16/h6-9,14-15,17-20H,4-5,10-12H2,1-3H3. The van der Waals surface area contributed by atoms with E-state index in [0.717, 1.165) is 24.2 Å². The molecule has 0 heterocycles. The molecule has 0 aromatic heterocycles. The molecule has 4 heteroatoms. The molecule has 0 amide bonds. The fourth-order valence-corrected chi connectivity index (χ4v) is 2.35. The lowest BCUT2D eigenvalue weighted by Gasteiger charge is -2.21. The van der Waals surface area contributed by atoms with Gasteiger partial charge in [0.2, 0.25) is 0 Å². The molecule has 0 spiro atoms. The zero-order valence-corrected chi connectivity index (χ0v) is 13.4. The highest BCUT2D eigenvalue weighted by Crippen LogP contribution is 2.13. The average Bonchev–Trinajstić information content (AvgIpc) is 2.46. The van der Waals surface area contributed by atoms with Crippen molar-refractivity contribution in [2.45, 2.75) is 45.8 Å². The van der Waals surface area contributed by atoms with Crippen LogP contribution in [0.5, 0.6) is 5.75 Å². The zero-order chi connectivity index (χ0) is 15.7. The fourth-order valence-electron chi connectivity index (χ4n) is 2.35. The van der Waals surface area contributed by atoms with Crippen molar-refractivity contribution >= 4 is 0 Å². The molecule has 1 rings (SSSR count). The van der Waals surface area contributed by atoms with Crippen molar-refractivity contribution in [2.75, 3.05) is 19.7 Å². The van der Waals surface area contributed by atoms with Crippen LogP contribution in [0.3, 0.4) is 0 Å². The summed E-state index contributed by atoms with van der Waals surface area (Å²) >= 11 is 0. The van der Waals surface area contributed by atoms with E-state index in [1.807, 2.05) is 31.2 Å². The maximum Gasteiger partial charge on any atom is 0.119 e. The predicted octanol–water partition coefficient (Wildman–Crippen LogP) is 2.12. The summed E-state index contributed by atoms with van der Waals surface area (Å²) in [5.74, 6) is 1.09. The summed E-state index contributed by atoms with van der Waals surface area (Å²) in [4.78, 5) is 0. The van der Waals surface area contributed by atoms with E-state index in [2.05, 4.69) is 19.2 Å². The molecule has 1 aromatic carbocycles. The number of benzene rings is 1. The molecule has 0 saturated carbocycles. The Morgan fingerprint density at radius 3 is 2.48 bits per heavy atom. The van der Waals surface area contributed by atoms with Crippen molar-refractivity contribution in [1.82, 2.24) is 5.32 Å². The van der Waals surface area contributed by atoms with E-state index < -0.39 is 6.10 Å². The Morgan fingerprint density at radius 2 is 1.86 bits per heavy atom. The van der Waals surface area contributed by atoms with Gasteiger partial charge in [0.05, 0.1) is 6.10 Å². The Labute approximate surface area is 128 Å². The molecule has 120 valence electrons. The SMILES string of the molecule is CCC(CC)C(O)CNCC(O)COc1cccc(C)c1. The molecular formula is C17H29NO3. The molecule has 4 nitrogen and oxygen atoms in total. The number of aliphatic hydroxyl groups is 2. The second-order valence-corrected chi connectivity index (χ2v) is 5.58. The van der Waals surface area contributed by atoms with E-state index in [-0.39, 0.29) is 12.7 Å². The molecule has 0 radical (unpaired) electrons. The van der Waals surface area contributed by atoms with Gasteiger partial charge in [0.15, 0.2) is 0 Å². The number of aryl methyl sites for hydroxylation is 1. The molecule has 0 bridgehead atoms.